The monoisotopic (exact) mass is 495 g/mol. The van der Waals surface area contributed by atoms with E-state index in [1.807, 2.05) is 0 Å². The van der Waals surface area contributed by atoms with E-state index in [0.717, 1.165) is 24.4 Å². The number of aromatic amines is 1. The third-order valence-corrected chi connectivity index (χ3v) is 6.23. The Morgan fingerprint density at radius 2 is 1.88 bits per heavy atom. The molecular weight excluding hydrogens is 483 g/mol. The van der Waals surface area contributed by atoms with Crippen molar-refractivity contribution in [2.24, 2.45) is 0 Å². The molecule has 33 heavy (non-hydrogen) atoms. The number of nitrogen functional groups attached to an aromatic ring is 1. The lowest BCUT2D eigenvalue weighted by Gasteiger charge is -2.15. The molecule has 4 rings (SSSR count). The van der Waals surface area contributed by atoms with E-state index in [4.69, 9.17) is 17.3 Å². The first-order valence-electron chi connectivity index (χ1n) is 9.09. The van der Waals surface area contributed by atoms with Crippen molar-refractivity contribution >= 4 is 49.8 Å². The number of benzene rings is 1. The largest absolute Gasteiger partial charge is 0.418 e. The normalized spacial score (nSPS) is 12.1. The number of aromatic nitrogens is 3. The Hall–Kier alpha value is -3.64. The topological polar surface area (TPSA) is 131 Å². The fourth-order valence-corrected chi connectivity index (χ4v) is 4.38. The van der Waals surface area contributed by atoms with Crippen molar-refractivity contribution in [3.05, 3.63) is 76.8 Å². The van der Waals surface area contributed by atoms with Crippen LogP contribution in [0.2, 0.25) is 5.02 Å². The number of nitrogens with one attached hydrogen (secondary N) is 2. The minimum atomic E-state index is -4.86. The predicted molar refractivity (Wildman–Crippen MR) is 115 cm³/mol. The van der Waals surface area contributed by atoms with Gasteiger partial charge in [-0.3, -0.25) is 9.52 Å². The third-order valence-electron chi connectivity index (χ3n) is 4.66. The predicted octanol–water partition coefficient (Wildman–Crippen LogP) is 4.24. The van der Waals surface area contributed by atoms with Crippen LogP contribution in [0.5, 0.6) is 0 Å². The highest BCUT2D eigenvalue weighted by atomic mass is 35.5. The Bertz CT molecular complexity index is 1500. The summed E-state index contributed by atoms with van der Waals surface area (Å²) in [5.74, 6) is -0.648. The van der Waals surface area contributed by atoms with Gasteiger partial charge in [-0.25, -0.2) is 18.4 Å². The van der Waals surface area contributed by atoms with Gasteiger partial charge in [0.2, 0.25) is 5.78 Å². The Morgan fingerprint density at radius 3 is 2.61 bits per heavy atom. The standard InChI is InChI=1S/C20H13ClF3N5O3S/c21-10-7-16(29-33(31,32)11-1-2-15(25)14(8-11)20(22,23)24)17(28-9-10)18(30)12-3-5-26-19-13(12)4-6-27-19/h1-9,29H,25H2,(H,26,27). The highest BCUT2D eigenvalue weighted by molar-refractivity contribution is 7.92. The van der Waals surface area contributed by atoms with E-state index in [1.54, 1.807) is 12.3 Å². The molecule has 3 aromatic heterocycles. The fourth-order valence-electron chi connectivity index (χ4n) is 3.14. The van der Waals surface area contributed by atoms with Gasteiger partial charge in [-0.15, -0.1) is 0 Å². The van der Waals surface area contributed by atoms with E-state index >= 15 is 0 Å². The number of anilines is 2. The average molecular weight is 496 g/mol. The van der Waals surface area contributed by atoms with Crippen LogP contribution >= 0.6 is 11.6 Å². The number of alkyl halides is 3. The van der Waals surface area contributed by atoms with Crippen molar-refractivity contribution in [1.82, 2.24) is 15.0 Å². The number of pyridine rings is 2. The van der Waals surface area contributed by atoms with Crippen LogP contribution in [0.1, 0.15) is 21.6 Å². The molecule has 0 bridgehead atoms. The number of nitrogens with zero attached hydrogens (tertiary/aromatic N) is 2. The van der Waals surface area contributed by atoms with Crippen LogP contribution < -0.4 is 10.5 Å². The average Bonchev–Trinajstić information content (AvgIpc) is 3.21. The van der Waals surface area contributed by atoms with Crippen molar-refractivity contribution < 1.29 is 26.4 Å². The quantitative estimate of drug-likeness (QED) is 0.280. The molecule has 4 N–H and O–H groups in total. The molecule has 170 valence electrons. The molecule has 0 aliphatic rings. The van der Waals surface area contributed by atoms with Crippen LogP contribution in [-0.4, -0.2) is 29.2 Å². The summed E-state index contributed by atoms with van der Waals surface area (Å²) in [5, 5.41) is 0.473. The van der Waals surface area contributed by atoms with E-state index in [2.05, 4.69) is 19.7 Å². The number of nitrogens with two attached hydrogens (primary N) is 1. The van der Waals surface area contributed by atoms with Gasteiger partial charge in [0, 0.05) is 35.2 Å². The molecule has 0 spiro atoms. The number of carbonyl (C=O) groups excluding carboxylic acids is 1. The van der Waals surface area contributed by atoms with Gasteiger partial charge in [0.05, 0.1) is 21.2 Å². The van der Waals surface area contributed by atoms with Gasteiger partial charge >= 0.3 is 6.18 Å². The van der Waals surface area contributed by atoms with E-state index in [1.165, 1.54) is 12.3 Å². The van der Waals surface area contributed by atoms with Gasteiger partial charge < -0.3 is 10.7 Å². The second-order valence-electron chi connectivity index (χ2n) is 6.83. The van der Waals surface area contributed by atoms with Gasteiger partial charge in [0.25, 0.3) is 10.0 Å². The number of hydrogen-bond donors (Lipinski definition) is 3. The van der Waals surface area contributed by atoms with Crippen LogP contribution in [0, 0.1) is 0 Å². The Labute approximate surface area is 189 Å². The SMILES string of the molecule is Nc1ccc(S(=O)(=O)Nc2cc(Cl)cnc2C(=O)c2ccnc3[nH]ccc23)cc1C(F)(F)F. The van der Waals surface area contributed by atoms with E-state index in [-0.39, 0.29) is 22.0 Å². The molecule has 0 unspecified atom stereocenters. The summed E-state index contributed by atoms with van der Waals surface area (Å²) in [7, 11) is -4.57. The lowest BCUT2D eigenvalue weighted by molar-refractivity contribution is -0.137. The van der Waals surface area contributed by atoms with E-state index < -0.39 is 38.1 Å². The molecule has 0 amide bonds. The van der Waals surface area contributed by atoms with Gasteiger partial charge in [-0.1, -0.05) is 11.6 Å². The van der Waals surface area contributed by atoms with Crippen LogP contribution in [0.3, 0.4) is 0 Å². The molecule has 0 aliphatic carbocycles. The summed E-state index contributed by atoms with van der Waals surface area (Å²) < 4.78 is 67.4. The Morgan fingerprint density at radius 1 is 1.12 bits per heavy atom. The number of ketones is 1. The van der Waals surface area contributed by atoms with Crippen LogP contribution in [0.4, 0.5) is 24.5 Å². The van der Waals surface area contributed by atoms with Crippen molar-refractivity contribution in [1.29, 1.82) is 0 Å². The molecule has 1 aromatic carbocycles. The van der Waals surface area contributed by atoms with Gasteiger partial charge in [-0.05, 0) is 36.4 Å². The molecule has 0 saturated heterocycles. The minimum absolute atomic E-state index is 0.000874. The van der Waals surface area contributed by atoms with Gasteiger partial charge in [0.15, 0.2) is 0 Å². The van der Waals surface area contributed by atoms with Crippen LogP contribution in [-0.2, 0) is 16.2 Å². The van der Waals surface area contributed by atoms with Crippen molar-refractivity contribution in [2.45, 2.75) is 11.1 Å². The number of carbonyl (C=O) groups is 1. The van der Waals surface area contributed by atoms with Crippen molar-refractivity contribution in [2.75, 3.05) is 10.5 Å². The van der Waals surface area contributed by atoms with Gasteiger partial charge in [0.1, 0.15) is 11.3 Å². The highest BCUT2D eigenvalue weighted by Crippen LogP contribution is 2.35. The number of rotatable bonds is 5. The molecule has 13 heteroatoms. The smallest absolute Gasteiger partial charge is 0.398 e. The minimum Gasteiger partial charge on any atom is -0.398 e. The number of halogens is 4. The first-order valence-corrected chi connectivity index (χ1v) is 11.0. The number of H-pyrrole nitrogens is 1. The maximum atomic E-state index is 13.2. The number of hydrogen-bond acceptors (Lipinski definition) is 6. The van der Waals surface area contributed by atoms with Crippen molar-refractivity contribution in [3.8, 4) is 0 Å². The second kappa shape index (κ2) is 8.05. The lowest BCUT2D eigenvalue weighted by atomic mass is 10.0. The molecule has 0 fully saturated rings. The van der Waals surface area contributed by atoms with E-state index in [0.29, 0.717) is 17.1 Å². The first kappa shape index (κ1) is 22.6. The molecule has 0 saturated carbocycles. The van der Waals surface area contributed by atoms with E-state index in [9.17, 15) is 26.4 Å². The molecule has 3 heterocycles. The Kier molecular flexibility index (Phi) is 5.50. The molecule has 4 aromatic rings. The molecule has 0 atom stereocenters. The summed E-state index contributed by atoms with van der Waals surface area (Å²) >= 11 is 5.94. The molecular formula is C20H13ClF3N5O3S. The zero-order valence-corrected chi connectivity index (χ0v) is 17.9. The Balaban J connectivity index is 1.78. The first-order chi connectivity index (χ1) is 15.5. The second-order valence-corrected chi connectivity index (χ2v) is 8.95. The summed E-state index contributed by atoms with van der Waals surface area (Å²) in [6, 6.07) is 6.34. The number of sulfonamides is 1. The fraction of sp³-hybridized carbons (Fsp3) is 0.0500. The maximum Gasteiger partial charge on any atom is 0.418 e. The van der Waals surface area contributed by atoms with Crippen molar-refractivity contribution in [3.63, 3.8) is 0 Å². The van der Waals surface area contributed by atoms with Gasteiger partial charge in [-0.2, -0.15) is 13.2 Å². The zero-order valence-electron chi connectivity index (χ0n) is 16.3. The third kappa shape index (κ3) is 4.34. The summed E-state index contributed by atoms with van der Waals surface area (Å²) in [6.45, 7) is 0. The highest BCUT2D eigenvalue weighted by Gasteiger charge is 2.34. The molecule has 0 radical (unpaired) electrons. The lowest BCUT2D eigenvalue weighted by Crippen LogP contribution is -2.18. The molecule has 8 nitrogen and oxygen atoms in total. The maximum absolute atomic E-state index is 13.2. The molecule has 0 aliphatic heterocycles. The number of fused-ring (bicyclic) bond motifs is 1. The van der Waals surface area contributed by atoms with Crippen LogP contribution in [0.25, 0.3) is 11.0 Å². The summed E-state index contributed by atoms with van der Waals surface area (Å²) in [5.41, 5.74) is 3.41. The zero-order chi connectivity index (χ0) is 24.0. The van der Waals surface area contributed by atoms with Crippen LogP contribution in [0.15, 0.2) is 59.9 Å². The summed E-state index contributed by atoms with van der Waals surface area (Å²) in [4.78, 5) is 23.4. The summed E-state index contributed by atoms with van der Waals surface area (Å²) in [6.07, 6.45) is -0.754.